The number of nitrogens with two attached hydrogens (primary N) is 1. The molecule has 1 unspecified atom stereocenters. The van der Waals surface area contributed by atoms with Gasteiger partial charge in [0.2, 0.25) is 5.89 Å². The van der Waals surface area contributed by atoms with E-state index in [0.717, 1.165) is 5.56 Å². The second-order valence-electron chi connectivity index (χ2n) is 4.27. The van der Waals surface area contributed by atoms with Crippen molar-refractivity contribution in [3.05, 3.63) is 47.1 Å². The van der Waals surface area contributed by atoms with E-state index in [1.807, 2.05) is 12.1 Å². The van der Waals surface area contributed by atoms with Gasteiger partial charge in [0.1, 0.15) is 0 Å². The molecule has 0 spiro atoms. The van der Waals surface area contributed by atoms with Gasteiger partial charge < -0.3 is 15.0 Å². The zero-order valence-electron chi connectivity index (χ0n) is 10.6. The average Bonchev–Trinajstić information content (AvgIpc) is 2.78. The van der Waals surface area contributed by atoms with Gasteiger partial charge in [-0.3, -0.25) is 0 Å². The Labute approximate surface area is 106 Å². The molecule has 0 radical (unpaired) electrons. The molecule has 1 heterocycles. The molecule has 0 fully saturated rings. The highest BCUT2D eigenvalue weighted by Gasteiger charge is 2.14. The minimum absolute atomic E-state index is 0.343. The van der Waals surface area contributed by atoms with Crippen LogP contribution in [-0.4, -0.2) is 23.9 Å². The number of methoxy groups -OCH3 is 1. The number of rotatable bonds is 5. The van der Waals surface area contributed by atoms with Gasteiger partial charge in [0.15, 0.2) is 5.82 Å². The molecule has 0 bridgehead atoms. The van der Waals surface area contributed by atoms with Gasteiger partial charge in [0.25, 0.3) is 0 Å². The first-order chi connectivity index (χ1) is 8.69. The Morgan fingerprint density at radius 2 is 2.28 bits per heavy atom. The fraction of sp³-hybridized carbons (Fsp3) is 0.385. The number of nitrogens with zero attached hydrogens (tertiary/aromatic N) is 2. The van der Waals surface area contributed by atoms with Crippen LogP contribution in [-0.2, 0) is 11.2 Å². The van der Waals surface area contributed by atoms with Crippen molar-refractivity contribution in [2.24, 2.45) is 5.73 Å². The van der Waals surface area contributed by atoms with E-state index in [1.165, 1.54) is 5.56 Å². The quantitative estimate of drug-likeness (QED) is 0.869. The number of aromatic nitrogens is 2. The maximum atomic E-state index is 5.83. The summed E-state index contributed by atoms with van der Waals surface area (Å²) in [6.45, 7) is 2.43. The monoisotopic (exact) mass is 247 g/mol. The molecule has 1 aromatic heterocycles. The molecule has 0 saturated carbocycles. The average molecular weight is 247 g/mol. The van der Waals surface area contributed by atoms with Crippen molar-refractivity contribution < 1.29 is 9.26 Å². The zero-order chi connectivity index (χ0) is 13.0. The molecule has 96 valence electrons. The lowest BCUT2D eigenvalue weighted by Gasteiger charge is -2.03. The predicted molar refractivity (Wildman–Crippen MR) is 67.1 cm³/mol. The second-order valence-corrected chi connectivity index (χ2v) is 4.27. The predicted octanol–water partition coefficient (Wildman–Crippen LogP) is 1.62. The summed E-state index contributed by atoms with van der Waals surface area (Å²) >= 11 is 0. The van der Waals surface area contributed by atoms with Gasteiger partial charge in [-0.1, -0.05) is 35.0 Å². The van der Waals surface area contributed by atoms with Crippen LogP contribution in [0, 0.1) is 6.92 Å². The Morgan fingerprint density at radius 3 is 3.00 bits per heavy atom. The molecule has 2 aromatic rings. The molecular weight excluding hydrogens is 230 g/mol. The normalized spacial score (nSPS) is 12.6. The van der Waals surface area contributed by atoms with Crippen LogP contribution in [0.5, 0.6) is 0 Å². The molecule has 0 aliphatic heterocycles. The first-order valence-corrected chi connectivity index (χ1v) is 5.81. The lowest BCUT2D eigenvalue weighted by molar-refractivity contribution is 0.177. The molecule has 2 N–H and O–H groups in total. The molecule has 2 rings (SSSR count). The molecule has 0 aliphatic carbocycles. The van der Waals surface area contributed by atoms with Crippen LogP contribution < -0.4 is 5.73 Å². The van der Waals surface area contributed by atoms with E-state index < -0.39 is 0 Å². The van der Waals surface area contributed by atoms with E-state index in [1.54, 1.807) is 7.11 Å². The van der Waals surface area contributed by atoms with Crippen LogP contribution >= 0.6 is 0 Å². The number of benzene rings is 1. The van der Waals surface area contributed by atoms with E-state index in [2.05, 4.69) is 29.2 Å². The first-order valence-electron chi connectivity index (χ1n) is 5.81. The van der Waals surface area contributed by atoms with Crippen molar-refractivity contribution in [3.8, 4) is 0 Å². The maximum Gasteiger partial charge on any atom is 0.231 e. The van der Waals surface area contributed by atoms with E-state index in [4.69, 9.17) is 15.0 Å². The number of aryl methyl sites for hydroxylation is 1. The molecule has 0 aliphatic rings. The highest BCUT2D eigenvalue weighted by atomic mass is 16.5. The summed E-state index contributed by atoms with van der Waals surface area (Å²) in [6.07, 6.45) is 0.619. The SMILES string of the molecule is COCC(N)c1noc(Cc2cccc(C)c2)n1. The maximum absolute atomic E-state index is 5.83. The number of hydrogen-bond donors (Lipinski definition) is 1. The van der Waals surface area contributed by atoms with E-state index in [0.29, 0.717) is 24.7 Å². The lowest BCUT2D eigenvalue weighted by Crippen LogP contribution is -2.17. The van der Waals surface area contributed by atoms with Crippen LogP contribution in [0.25, 0.3) is 0 Å². The van der Waals surface area contributed by atoms with Gasteiger partial charge in [0.05, 0.1) is 19.1 Å². The Hall–Kier alpha value is -1.72. The Balaban J connectivity index is 2.06. The minimum Gasteiger partial charge on any atom is -0.383 e. The van der Waals surface area contributed by atoms with Gasteiger partial charge >= 0.3 is 0 Å². The van der Waals surface area contributed by atoms with Crippen molar-refractivity contribution in [2.45, 2.75) is 19.4 Å². The Kier molecular flexibility index (Phi) is 4.07. The molecule has 1 aromatic carbocycles. The van der Waals surface area contributed by atoms with Crippen LogP contribution in [0.2, 0.25) is 0 Å². The van der Waals surface area contributed by atoms with E-state index in [-0.39, 0.29) is 6.04 Å². The van der Waals surface area contributed by atoms with Crippen LogP contribution in [0.1, 0.15) is 28.9 Å². The van der Waals surface area contributed by atoms with Crippen LogP contribution in [0.15, 0.2) is 28.8 Å². The lowest BCUT2D eigenvalue weighted by atomic mass is 10.1. The Bertz CT molecular complexity index is 510. The van der Waals surface area contributed by atoms with Crippen LogP contribution in [0.4, 0.5) is 0 Å². The van der Waals surface area contributed by atoms with Crippen molar-refractivity contribution in [2.75, 3.05) is 13.7 Å². The smallest absolute Gasteiger partial charge is 0.231 e. The summed E-state index contributed by atoms with van der Waals surface area (Å²) < 4.78 is 10.1. The highest BCUT2D eigenvalue weighted by Crippen LogP contribution is 2.12. The summed E-state index contributed by atoms with van der Waals surface area (Å²) in [5.74, 6) is 1.06. The number of hydrogen-bond acceptors (Lipinski definition) is 5. The molecule has 0 saturated heterocycles. The second kappa shape index (κ2) is 5.75. The highest BCUT2D eigenvalue weighted by molar-refractivity contribution is 5.24. The first kappa shape index (κ1) is 12.7. The van der Waals surface area contributed by atoms with Crippen molar-refractivity contribution >= 4 is 0 Å². The third-order valence-electron chi connectivity index (χ3n) is 2.60. The summed E-state index contributed by atoms with van der Waals surface area (Å²) in [4.78, 5) is 4.27. The summed E-state index contributed by atoms with van der Waals surface area (Å²) in [5.41, 5.74) is 8.18. The summed E-state index contributed by atoms with van der Waals surface area (Å²) in [7, 11) is 1.59. The van der Waals surface area contributed by atoms with Gasteiger partial charge in [-0.05, 0) is 12.5 Å². The fourth-order valence-corrected chi connectivity index (χ4v) is 1.74. The molecule has 1 atom stereocenters. The summed E-state index contributed by atoms with van der Waals surface area (Å²) in [5, 5.41) is 3.86. The molecule has 18 heavy (non-hydrogen) atoms. The standard InChI is InChI=1S/C13H17N3O2/c1-9-4-3-5-10(6-9)7-12-15-13(16-18-12)11(14)8-17-2/h3-6,11H,7-8,14H2,1-2H3. The van der Waals surface area contributed by atoms with Crippen molar-refractivity contribution in [1.29, 1.82) is 0 Å². The van der Waals surface area contributed by atoms with Gasteiger partial charge in [-0.15, -0.1) is 0 Å². The van der Waals surface area contributed by atoms with Crippen molar-refractivity contribution in [1.82, 2.24) is 10.1 Å². The summed E-state index contributed by atoms with van der Waals surface area (Å²) in [6, 6.07) is 7.85. The van der Waals surface area contributed by atoms with Gasteiger partial charge in [-0.2, -0.15) is 4.98 Å². The third-order valence-corrected chi connectivity index (χ3v) is 2.60. The van der Waals surface area contributed by atoms with Crippen LogP contribution in [0.3, 0.4) is 0 Å². The van der Waals surface area contributed by atoms with Gasteiger partial charge in [0, 0.05) is 7.11 Å². The fourth-order valence-electron chi connectivity index (χ4n) is 1.74. The van der Waals surface area contributed by atoms with Gasteiger partial charge in [-0.25, -0.2) is 0 Å². The molecule has 5 heteroatoms. The topological polar surface area (TPSA) is 74.2 Å². The Morgan fingerprint density at radius 1 is 1.44 bits per heavy atom. The van der Waals surface area contributed by atoms with E-state index >= 15 is 0 Å². The molecule has 5 nitrogen and oxygen atoms in total. The van der Waals surface area contributed by atoms with E-state index in [9.17, 15) is 0 Å². The van der Waals surface area contributed by atoms with Crippen molar-refractivity contribution in [3.63, 3.8) is 0 Å². The molecule has 0 amide bonds. The zero-order valence-corrected chi connectivity index (χ0v) is 10.6. The number of ether oxygens (including phenoxy) is 1. The third kappa shape index (κ3) is 3.15. The minimum atomic E-state index is -0.343. The molecular formula is C13H17N3O2. The largest absolute Gasteiger partial charge is 0.383 e.